The van der Waals surface area contributed by atoms with Crippen molar-refractivity contribution in [3.63, 3.8) is 0 Å². The molecule has 3 aromatic carbocycles. The fourth-order valence-corrected chi connectivity index (χ4v) is 8.61. The molecule has 6 nitrogen and oxygen atoms in total. The van der Waals surface area contributed by atoms with Gasteiger partial charge in [0.2, 0.25) is 0 Å². The topological polar surface area (TPSA) is 65.0 Å². The van der Waals surface area contributed by atoms with Gasteiger partial charge in [-0.15, -0.1) is 0 Å². The summed E-state index contributed by atoms with van der Waals surface area (Å²) >= 11 is 0. The van der Waals surface area contributed by atoms with Crippen LogP contribution in [0, 0.1) is 0 Å². The molecule has 0 fully saturated rings. The number of allylic oxidation sites excluding steroid dienone is 6. The standard InChI is InChI=1S/C46H60N6/c1-9-30-50-40-20-13-11-18-37(40)45(3,4)42(50)28-24-34-16-15-17-35(44(34)52(48)32-39(47)33-22-26-36(27-23-33)49(7)8)25-29-43-46(5,6)38-19-12-14-21-41(38)51(43)31-10-2/h11-14,18-29,32,42H,9-10,15-17,30-31,47-48H2,1-8H3/b28-24+,35-25+,39-32-,43-29+. The van der Waals surface area contributed by atoms with Gasteiger partial charge in [0.15, 0.2) is 0 Å². The lowest BCUT2D eigenvalue weighted by atomic mass is 9.80. The zero-order valence-corrected chi connectivity index (χ0v) is 32.8. The maximum atomic E-state index is 7.10. The van der Waals surface area contributed by atoms with Crippen LogP contribution in [0.4, 0.5) is 17.1 Å². The van der Waals surface area contributed by atoms with E-state index in [0.717, 1.165) is 62.1 Å². The molecule has 0 spiro atoms. The molecule has 1 atom stereocenters. The number of benzene rings is 3. The van der Waals surface area contributed by atoms with Crippen molar-refractivity contribution in [3.05, 3.63) is 143 Å². The molecule has 0 saturated carbocycles. The van der Waals surface area contributed by atoms with Crippen LogP contribution in [0.3, 0.4) is 0 Å². The fraction of sp³-hybridized carbons (Fsp3) is 0.391. The van der Waals surface area contributed by atoms with Crippen LogP contribution in [0.2, 0.25) is 0 Å². The van der Waals surface area contributed by atoms with Gasteiger partial charge >= 0.3 is 0 Å². The molecule has 274 valence electrons. The Labute approximate surface area is 313 Å². The zero-order valence-electron chi connectivity index (χ0n) is 32.8. The van der Waals surface area contributed by atoms with Gasteiger partial charge < -0.3 is 20.4 Å². The van der Waals surface area contributed by atoms with E-state index >= 15 is 0 Å². The molecule has 1 aliphatic carbocycles. The summed E-state index contributed by atoms with van der Waals surface area (Å²) in [5.74, 6) is 7.10. The molecular weight excluding hydrogens is 637 g/mol. The molecular formula is C46H60N6. The molecule has 0 saturated heterocycles. The van der Waals surface area contributed by atoms with Crippen LogP contribution in [0.1, 0.15) is 90.3 Å². The minimum Gasteiger partial charge on any atom is -0.397 e. The highest BCUT2D eigenvalue weighted by molar-refractivity contribution is 5.71. The van der Waals surface area contributed by atoms with Crippen molar-refractivity contribution in [2.24, 2.45) is 11.6 Å². The molecule has 0 amide bonds. The lowest BCUT2D eigenvalue weighted by molar-refractivity contribution is 0.470. The number of para-hydroxylation sites is 2. The molecule has 3 aliphatic rings. The Hall–Kier alpha value is -4.68. The summed E-state index contributed by atoms with van der Waals surface area (Å²) in [6.07, 6.45) is 16.5. The smallest absolute Gasteiger partial charge is 0.0632 e. The zero-order chi connectivity index (χ0) is 37.2. The molecule has 0 aromatic heterocycles. The molecule has 3 aromatic rings. The number of nitrogens with two attached hydrogens (primary N) is 2. The van der Waals surface area contributed by atoms with Crippen LogP contribution < -0.4 is 26.3 Å². The second-order valence-corrected chi connectivity index (χ2v) is 15.9. The number of hydrogen-bond donors (Lipinski definition) is 2. The van der Waals surface area contributed by atoms with Gasteiger partial charge in [-0.05, 0) is 90.3 Å². The van der Waals surface area contributed by atoms with Crippen LogP contribution in [0.25, 0.3) is 5.70 Å². The van der Waals surface area contributed by atoms with Crippen LogP contribution in [-0.4, -0.2) is 38.2 Å². The first kappa shape index (κ1) is 37.1. The Bertz CT molecular complexity index is 1900. The minimum atomic E-state index is -0.110. The number of rotatable bonds is 11. The van der Waals surface area contributed by atoms with E-state index in [2.05, 4.69) is 153 Å². The van der Waals surface area contributed by atoms with Gasteiger partial charge in [0.25, 0.3) is 0 Å². The van der Waals surface area contributed by atoms with E-state index in [4.69, 9.17) is 11.6 Å². The number of hydrogen-bond acceptors (Lipinski definition) is 6. The predicted octanol–water partition coefficient (Wildman–Crippen LogP) is 9.77. The number of hydrazine groups is 1. The lowest BCUT2D eigenvalue weighted by Crippen LogP contribution is -2.40. The number of fused-ring (bicyclic) bond motifs is 2. The quantitative estimate of drug-likeness (QED) is 0.154. The average molecular weight is 697 g/mol. The van der Waals surface area contributed by atoms with E-state index < -0.39 is 0 Å². The average Bonchev–Trinajstić information content (AvgIpc) is 3.48. The Morgan fingerprint density at radius 3 is 2.15 bits per heavy atom. The largest absolute Gasteiger partial charge is 0.397 e. The van der Waals surface area contributed by atoms with E-state index in [9.17, 15) is 0 Å². The van der Waals surface area contributed by atoms with E-state index in [1.54, 1.807) is 5.01 Å². The molecule has 1 unspecified atom stereocenters. The van der Waals surface area contributed by atoms with Gasteiger partial charge in [-0.3, -0.25) is 5.01 Å². The summed E-state index contributed by atoms with van der Waals surface area (Å²) in [5, 5.41) is 1.79. The van der Waals surface area contributed by atoms with Gasteiger partial charge in [-0.2, -0.15) is 0 Å². The summed E-state index contributed by atoms with van der Waals surface area (Å²) in [6, 6.07) is 26.3. The SMILES string of the molecule is CCCN1/C(=C/C=C2\CCCC(/C=C/C3N(CCC)c4ccccc4C3(C)C)=C2N(N)/C=C(\N)c2ccc(N(C)C)cc2)C(C)(C)c2ccccc21. The Morgan fingerprint density at radius 1 is 0.827 bits per heavy atom. The predicted molar refractivity (Wildman–Crippen MR) is 223 cm³/mol. The van der Waals surface area contributed by atoms with Gasteiger partial charge in [0.05, 0.1) is 17.4 Å². The Kier molecular flexibility index (Phi) is 10.8. The highest BCUT2D eigenvalue weighted by Crippen LogP contribution is 2.48. The fourth-order valence-electron chi connectivity index (χ4n) is 8.61. The monoisotopic (exact) mass is 696 g/mol. The van der Waals surface area contributed by atoms with Gasteiger partial charge in [0, 0.05) is 67.0 Å². The Balaban J connectivity index is 1.44. The minimum absolute atomic E-state index is 0.0298. The lowest BCUT2D eigenvalue weighted by Gasteiger charge is -2.33. The molecule has 0 radical (unpaired) electrons. The van der Waals surface area contributed by atoms with Crippen molar-refractivity contribution in [2.75, 3.05) is 41.9 Å². The van der Waals surface area contributed by atoms with E-state index in [1.165, 1.54) is 39.3 Å². The summed E-state index contributed by atoms with van der Waals surface area (Å²) in [7, 11) is 4.09. The van der Waals surface area contributed by atoms with E-state index in [1.807, 2.05) is 20.3 Å². The first-order chi connectivity index (χ1) is 24.9. The van der Waals surface area contributed by atoms with Crippen LogP contribution in [-0.2, 0) is 10.8 Å². The molecule has 6 rings (SSSR count). The molecule has 6 heteroatoms. The Morgan fingerprint density at radius 2 is 1.48 bits per heavy atom. The highest BCUT2D eigenvalue weighted by Gasteiger charge is 2.43. The summed E-state index contributed by atoms with van der Waals surface area (Å²) in [4.78, 5) is 7.19. The van der Waals surface area contributed by atoms with Crippen molar-refractivity contribution >= 4 is 22.8 Å². The van der Waals surface area contributed by atoms with Gasteiger partial charge in [-0.25, -0.2) is 5.84 Å². The summed E-state index contributed by atoms with van der Waals surface area (Å²) < 4.78 is 0. The molecule has 4 N–H and O–H groups in total. The first-order valence-electron chi connectivity index (χ1n) is 19.2. The van der Waals surface area contributed by atoms with E-state index in [-0.39, 0.29) is 16.9 Å². The molecule has 52 heavy (non-hydrogen) atoms. The first-order valence-corrected chi connectivity index (χ1v) is 19.2. The third-order valence-corrected chi connectivity index (χ3v) is 11.4. The summed E-state index contributed by atoms with van der Waals surface area (Å²) in [6.45, 7) is 16.0. The molecule has 0 bridgehead atoms. The number of nitrogens with zero attached hydrogens (tertiary/aromatic N) is 4. The maximum absolute atomic E-state index is 7.10. The second-order valence-electron chi connectivity index (χ2n) is 15.9. The van der Waals surface area contributed by atoms with Crippen molar-refractivity contribution in [3.8, 4) is 0 Å². The highest BCUT2D eigenvalue weighted by atomic mass is 15.4. The van der Waals surface area contributed by atoms with Crippen molar-refractivity contribution in [1.82, 2.24) is 5.01 Å². The van der Waals surface area contributed by atoms with Gasteiger partial charge in [-0.1, -0.05) is 108 Å². The molecule has 2 heterocycles. The van der Waals surface area contributed by atoms with Crippen LogP contribution in [0.15, 0.2) is 126 Å². The maximum Gasteiger partial charge on any atom is 0.0632 e. The van der Waals surface area contributed by atoms with Crippen molar-refractivity contribution in [1.29, 1.82) is 0 Å². The van der Waals surface area contributed by atoms with Gasteiger partial charge in [0.1, 0.15) is 0 Å². The normalized spacial score (nSPS) is 21.0. The number of anilines is 3. The van der Waals surface area contributed by atoms with Crippen LogP contribution >= 0.6 is 0 Å². The summed E-state index contributed by atoms with van der Waals surface area (Å²) in [5.41, 5.74) is 19.6. The van der Waals surface area contributed by atoms with Crippen molar-refractivity contribution in [2.45, 2.75) is 90.5 Å². The van der Waals surface area contributed by atoms with E-state index in [0.29, 0.717) is 5.70 Å². The van der Waals surface area contributed by atoms with Crippen molar-refractivity contribution < 1.29 is 0 Å². The third kappa shape index (κ3) is 6.93. The third-order valence-electron chi connectivity index (χ3n) is 11.4. The molecule has 2 aliphatic heterocycles. The van der Waals surface area contributed by atoms with Crippen LogP contribution in [0.5, 0.6) is 0 Å². The second kappa shape index (κ2) is 15.1.